The maximum absolute atomic E-state index is 12.4. The Morgan fingerprint density at radius 2 is 1.88 bits per heavy atom. The average molecular weight is 322 g/mol. The summed E-state index contributed by atoms with van der Waals surface area (Å²) in [6, 6.07) is 2.25. The Hall–Kier alpha value is -2.83. The molecule has 7 nitrogen and oxygen atoms in total. The predicted octanol–water partition coefficient (Wildman–Crippen LogP) is 2.90. The highest BCUT2D eigenvalue weighted by Crippen LogP contribution is 2.31. The number of rotatable bonds is 3. The lowest BCUT2D eigenvalue weighted by Gasteiger charge is -2.11. The van der Waals surface area contributed by atoms with Gasteiger partial charge in [-0.2, -0.15) is 0 Å². The Morgan fingerprint density at radius 3 is 2.62 bits per heavy atom. The number of carbonyl (C=O) groups is 1. The molecule has 1 N–H and O–H groups in total. The first-order chi connectivity index (χ1) is 11.7. The van der Waals surface area contributed by atoms with Crippen LogP contribution in [-0.2, 0) is 0 Å². The van der Waals surface area contributed by atoms with Gasteiger partial charge in [0.25, 0.3) is 5.91 Å². The normalized spacial score (nSPS) is 15.0. The summed E-state index contributed by atoms with van der Waals surface area (Å²) in [6.07, 6.45) is 11.4. The molecule has 1 aliphatic rings. The van der Waals surface area contributed by atoms with E-state index in [-0.39, 0.29) is 5.91 Å². The van der Waals surface area contributed by atoms with Crippen molar-refractivity contribution in [3.8, 4) is 0 Å². The highest BCUT2D eigenvalue weighted by atomic mass is 16.1. The quantitative estimate of drug-likeness (QED) is 0.801. The van der Waals surface area contributed by atoms with E-state index in [1.165, 1.54) is 25.7 Å². The molecular formula is C17H18N6O. The predicted molar refractivity (Wildman–Crippen MR) is 89.8 cm³/mol. The molecule has 3 aromatic heterocycles. The van der Waals surface area contributed by atoms with Crippen LogP contribution in [0.2, 0.25) is 0 Å². The Kier molecular flexibility index (Phi) is 3.68. The van der Waals surface area contributed by atoms with Gasteiger partial charge in [-0.15, -0.1) is 0 Å². The summed E-state index contributed by atoms with van der Waals surface area (Å²) in [6.45, 7) is 1.80. The lowest BCUT2D eigenvalue weighted by Crippen LogP contribution is -2.13. The van der Waals surface area contributed by atoms with Crippen LogP contribution in [0.1, 0.15) is 47.9 Å². The maximum atomic E-state index is 12.4. The van der Waals surface area contributed by atoms with E-state index in [1.54, 1.807) is 31.6 Å². The van der Waals surface area contributed by atoms with Gasteiger partial charge in [0.05, 0.1) is 30.0 Å². The molecule has 0 unspecified atom stereocenters. The highest BCUT2D eigenvalue weighted by molar-refractivity contribution is 6.05. The molecule has 0 bridgehead atoms. The summed E-state index contributed by atoms with van der Waals surface area (Å²) < 4.78 is 2.14. The Bertz CT molecular complexity index is 880. The number of nitrogens with zero attached hydrogens (tertiary/aromatic N) is 5. The first-order valence-electron chi connectivity index (χ1n) is 8.13. The van der Waals surface area contributed by atoms with Gasteiger partial charge in [0.1, 0.15) is 11.3 Å². The van der Waals surface area contributed by atoms with Crippen molar-refractivity contribution in [1.82, 2.24) is 24.5 Å². The standard InChI is InChI=1S/C17H18N6O/c1-11-18-8-13(9-19-11)22-17(24)12-6-15-16(20-7-12)23(10-21-15)14-4-2-3-5-14/h6-10,14H,2-5H2,1H3,(H,22,24). The van der Waals surface area contributed by atoms with Crippen molar-refractivity contribution >= 4 is 22.8 Å². The van der Waals surface area contributed by atoms with Crippen LogP contribution in [0.5, 0.6) is 0 Å². The third-order valence-electron chi connectivity index (χ3n) is 4.43. The average Bonchev–Trinajstić information content (AvgIpc) is 3.25. The van der Waals surface area contributed by atoms with Crippen LogP contribution in [-0.4, -0.2) is 30.4 Å². The molecular weight excluding hydrogens is 304 g/mol. The fourth-order valence-electron chi connectivity index (χ4n) is 3.15. The second-order valence-electron chi connectivity index (χ2n) is 6.13. The number of anilines is 1. The van der Waals surface area contributed by atoms with Crippen molar-refractivity contribution < 1.29 is 4.79 Å². The van der Waals surface area contributed by atoms with Gasteiger partial charge < -0.3 is 9.88 Å². The second-order valence-corrected chi connectivity index (χ2v) is 6.13. The van der Waals surface area contributed by atoms with Crippen molar-refractivity contribution in [1.29, 1.82) is 0 Å². The Balaban J connectivity index is 1.58. The van der Waals surface area contributed by atoms with Crippen LogP contribution in [0.25, 0.3) is 11.2 Å². The molecule has 7 heteroatoms. The number of fused-ring (bicyclic) bond motifs is 1. The number of hydrogen-bond donors (Lipinski definition) is 1. The molecule has 0 aliphatic heterocycles. The van der Waals surface area contributed by atoms with E-state index in [9.17, 15) is 4.79 Å². The SMILES string of the molecule is Cc1ncc(NC(=O)c2cnc3c(c2)ncn3C2CCCC2)cn1. The van der Waals surface area contributed by atoms with Gasteiger partial charge in [-0.05, 0) is 25.8 Å². The lowest BCUT2D eigenvalue weighted by atomic mass is 10.2. The number of hydrogen-bond acceptors (Lipinski definition) is 5. The van der Waals surface area contributed by atoms with Crippen molar-refractivity contribution in [2.75, 3.05) is 5.32 Å². The number of nitrogens with one attached hydrogen (secondary N) is 1. The highest BCUT2D eigenvalue weighted by Gasteiger charge is 2.20. The molecule has 1 aliphatic carbocycles. The summed E-state index contributed by atoms with van der Waals surface area (Å²) >= 11 is 0. The summed E-state index contributed by atoms with van der Waals surface area (Å²) in [5, 5.41) is 2.77. The summed E-state index contributed by atoms with van der Waals surface area (Å²) in [5.74, 6) is 0.417. The zero-order chi connectivity index (χ0) is 16.5. The van der Waals surface area contributed by atoms with Crippen molar-refractivity contribution in [2.24, 2.45) is 0 Å². The van der Waals surface area contributed by atoms with Crippen molar-refractivity contribution in [2.45, 2.75) is 38.6 Å². The third kappa shape index (κ3) is 2.73. The molecule has 1 fully saturated rings. The van der Waals surface area contributed by atoms with E-state index in [1.807, 2.05) is 6.33 Å². The van der Waals surface area contributed by atoms with E-state index in [2.05, 4.69) is 29.8 Å². The van der Waals surface area contributed by atoms with Crippen LogP contribution in [0.3, 0.4) is 0 Å². The van der Waals surface area contributed by atoms with Crippen LogP contribution >= 0.6 is 0 Å². The summed E-state index contributed by atoms with van der Waals surface area (Å²) in [7, 11) is 0. The van der Waals surface area contributed by atoms with Gasteiger partial charge in [0, 0.05) is 12.2 Å². The smallest absolute Gasteiger partial charge is 0.257 e. The number of carbonyl (C=O) groups excluding carboxylic acids is 1. The number of imidazole rings is 1. The van der Waals surface area contributed by atoms with Gasteiger partial charge in [-0.25, -0.2) is 19.9 Å². The van der Waals surface area contributed by atoms with E-state index in [0.29, 0.717) is 23.1 Å². The van der Waals surface area contributed by atoms with E-state index < -0.39 is 0 Å². The molecule has 1 amide bonds. The zero-order valence-corrected chi connectivity index (χ0v) is 13.4. The van der Waals surface area contributed by atoms with Crippen LogP contribution in [0.4, 0.5) is 5.69 Å². The molecule has 0 spiro atoms. The molecule has 0 aromatic carbocycles. The van der Waals surface area contributed by atoms with E-state index in [4.69, 9.17) is 0 Å². The molecule has 0 radical (unpaired) electrons. The fraction of sp³-hybridized carbons (Fsp3) is 0.353. The number of aryl methyl sites for hydroxylation is 1. The third-order valence-corrected chi connectivity index (χ3v) is 4.43. The van der Waals surface area contributed by atoms with Crippen LogP contribution in [0.15, 0.2) is 31.0 Å². The van der Waals surface area contributed by atoms with Gasteiger partial charge in [-0.1, -0.05) is 12.8 Å². The van der Waals surface area contributed by atoms with Gasteiger partial charge in [0.2, 0.25) is 0 Å². The lowest BCUT2D eigenvalue weighted by molar-refractivity contribution is 0.102. The Labute approximate surface area is 139 Å². The molecule has 3 heterocycles. The van der Waals surface area contributed by atoms with Crippen LogP contribution in [0, 0.1) is 6.92 Å². The number of amides is 1. The van der Waals surface area contributed by atoms with Crippen molar-refractivity contribution in [3.63, 3.8) is 0 Å². The van der Waals surface area contributed by atoms with Gasteiger partial charge in [0.15, 0.2) is 5.65 Å². The number of aromatic nitrogens is 5. The van der Waals surface area contributed by atoms with Crippen molar-refractivity contribution in [3.05, 3.63) is 42.4 Å². The fourth-order valence-corrected chi connectivity index (χ4v) is 3.15. The molecule has 1 saturated carbocycles. The summed E-state index contributed by atoms with van der Waals surface area (Å²) in [4.78, 5) is 29.4. The Morgan fingerprint density at radius 1 is 1.12 bits per heavy atom. The number of pyridine rings is 1. The molecule has 24 heavy (non-hydrogen) atoms. The molecule has 4 rings (SSSR count). The molecule has 122 valence electrons. The van der Waals surface area contributed by atoms with Gasteiger partial charge in [-0.3, -0.25) is 4.79 Å². The molecule has 0 saturated heterocycles. The zero-order valence-electron chi connectivity index (χ0n) is 13.4. The minimum Gasteiger partial charge on any atom is -0.319 e. The maximum Gasteiger partial charge on any atom is 0.257 e. The first-order valence-corrected chi connectivity index (χ1v) is 8.13. The van der Waals surface area contributed by atoms with E-state index >= 15 is 0 Å². The minimum atomic E-state index is -0.243. The second kappa shape index (κ2) is 5.99. The summed E-state index contributed by atoms with van der Waals surface area (Å²) in [5.41, 5.74) is 2.62. The largest absolute Gasteiger partial charge is 0.319 e. The molecule has 0 atom stereocenters. The van der Waals surface area contributed by atoms with E-state index in [0.717, 1.165) is 11.2 Å². The first kappa shape index (κ1) is 14.7. The minimum absolute atomic E-state index is 0.243. The monoisotopic (exact) mass is 322 g/mol. The van der Waals surface area contributed by atoms with Gasteiger partial charge >= 0.3 is 0 Å². The molecule has 3 aromatic rings. The van der Waals surface area contributed by atoms with Crippen LogP contribution < -0.4 is 5.32 Å². The topological polar surface area (TPSA) is 85.6 Å².